The Labute approximate surface area is 104 Å². The van der Waals surface area contributed by atoms with Crippen molar-refractivity contribution in [2.45, 2.75) is 20.0 Å². The topological polar surface area (TPSA) is 39.2 Å². The van der Waals surface area contributed by atoms with Crippen LogP contribution in [0.2, 0.25) is 0 Å². The van der Waals surface area contributed by atoms with Crippen LogP contribution in [-0.4, -0.2) is 10.8 Å². The lowest BCUT2D eigenvalue weighted by atomic mass is 10.1. The van der Waals surface area contributed by atoms with E-state index in [4.69, 9.17) is 4.74 Å². The summed E-state index contributed by atoms with van der Waals surface area (Å²) < 4.78 is 5.57. The van der Waals surface area contributed by atoms with Crippen LogP contribution < -0.4 is 4.74 Å². The molecule has 0 spiro atoms. The minimum atomic E-state index is 0.168. The van der Waals surface area contributed by atoms with Crippen molar-refractivity contribution >= 4 is 17.1 Å². The fraction of sp³-hybridized carbons (Fsp3) is 0.231. The lowest BCUT2D eigenvalue weighted by Gasteiger charge is -2.04. The average molecular weight is 247 g/mol. The lowest BCUT2D eigenvalue weighted by Crippen LogP contribution is -1.97. The van der Waals surface area contributed by atoms with Gasteiger partial charge in [-0.3, -0.25) is 4.79 Å². The van der Waals surface area contributed by atoms with E-state index in [0.29, 0.717) is 13.0 Å². The standard InChI is InChI=1S/C13H13NO2S/c1-10(15)8-11-2-4-12(5-3-11)16-9-13-14-6-7-17-13/h2-7H,8-9H2,1H3. The van der Waals surface area contributed by atoms with Crippen molar-refractivity contribution in [2.24, 2.45) is 0 Å². The highest BCUT2D eigenvalue weighted by Gasteiger charge is 2.00. The Bertz CT molecular complexity index is 477. The molecule has 0 aliphatic rings. The van der Waals surface area contributed by atoms with Crippen LogP contribution in [0.1, 0.15) is 17.5 Å². The molecule has 1 aromatic carbocycles. The fourth-order valence-corrected chi connectivity index (χ4v) is 1.99. The van der Waals surface area contributed by atoms with E-state index in [2.05, 4.69) is 4.98 Å². The van der Waals surface area contributed by atoms with Crippen molar-refractivity contribution in [3.8, 4) is 5.75 Å². The molecule has 0 aliphatic carbocycles. The average Bonchev–Trinajstić information content (AvgIpc) is 2.80. The number of rotatable bonds is 5. The second-order valence-electron chi connectivity index (χ2n) is 3.74. The Morgan fingerprint density at radius 3 is 2.71 bits per heavy atom. The summed E-state index contributed by atoms with van der Waals surface area (Å²) in [6.07, 6.45) is 2.24. The van der Waals surface area contributed by atoms with Gasteiger partial charge >= 0.3 is 0 Å². The smallest absolute Gasteiger partial charge is 0.140 e. The maximum atomic E-state index is 10.9. The van der Waals surface area contributed by atoms with Gasteiger partial charge in [0.05, 0.1) is 0 Å². The summed E-state index contributed by atoms with van der Waals surface area (Å²) in [4.78, 5) is 15.1. The molecule has 0 fully saturated rings. The van der Waals surface area contributed by atoms with Crippen LogP contribution in [0.3, 0.4) is 0 Å². The van der Waals surface area contributed by atoms with Crippen molar-refractivity contribution in [3.05, 3.63) is 46.4 Å². The Morgan fingerprint density at radius 1 is 1.35 bits per heavy atom. The molecule has 0 saturated carbocycles. The third-order valence-electron chi connectivity index (χ3n) is 2.22. The zero-order valence-corrected chi connectivity index (χ0v) is 10.4. The molecule has 1 aromatic heterocycles. The van der Waals surface area contributed by atoms with E-state index in [1.54, 1.807) is 24.5 Å². The Kier molecular flexibility index (Phi) is 3.88. The number of ketones is 1. The summed E-state index contributed by atoms with van der Waals surface area (Å²) in [6.45, 7) is 2.08. The number of hydrogen-bond acceptors (Lipinski definition) is 4. The van der Waals surface area contributed by atoms with Crippen molar-refractivity contribution < 1.29 is 9.53 Å². The zero-order chi connectivity index (χ0) is 12.1. The number of nitrogens with zero attached hydrogens (tertiary/aromatic N) is 1. The quantitative estimate of drug-likeness (QED) is 0.815. The molecule has 0 radical (unpaired) electrons. The third kappa shape index (κ3) is 3.67. The number of benzene rings is 1. The van der Waals surface area contributed by atoms with E-state index in [1.807, 2.05) is 29.6 Å². The van der Waals surface area contributed by atoms with Crippen molar-refractivity contribution in [1.29, 1.82) is 0 Å². The minimum Gasteiger partial charge on any atom is -0.486 e. The maximum Gasteiger partial charge on any atom is 0.140 e. The van der Waals surface area contributed by atoms with E-state index >= 15 is 0 Å². The van der Waals surface area contributed by atoms with Gasteiger partial charge in [-0.05, 0) is 24.6 Å². The van der Waals surface area contributed by atoms with E-state index < -0.39 is 0 Å². The minimum absolute atomic E-state index is 0.168. The summed E-state index contributed by atoms with van der Waals surface area (Å²) in [6, 6.07) is 7.59. The number of Topliss-reactive ketones (excluding diaryl/α,β-unsaturated/α-hetero) is 1. The SMILES string of the molecule is CC(=O)Cc1ccc(OCc2nccs2)cc1. The highest BCUT2D eigenvalue weighted by molar-refractivity contribution is 7.09. The molecule has 0 bridgehead atoms. The molecule has 0 aliphatic heterocycles. The summed E-state index contributed by atoms with van der Waals surface area (Å²) in [5, 5.41) is 2.88. The summed E-state index contributed by atoms with van der Waals surface area (Å²) in [7, 11) is 0. The van der Waals surface area contributed by atoms with Crippen molar-refractivity contribution in [1.82, 2.24) is 4.98 Å². The normalized spacial score (nSPS) is 10.2. The summed E-state index contributed by atoms with van der Waals surface area (Å²) in [5.74, 6) is 0.967. The molecule has 17 heavy (non-hydrogen) atoms. The third-order valence-corrected chi connectivity index (χ3v) is 2.98. The van der Waals surface area contributed by atoms with Crippen LogP contribution in [0.4, 0.5) is 0 Å². The number of aromatic nitrogens is 1. The number of ether oxygens (including phenoxy) is 1. The second-order valence-corrected chi connectivity index (χ2v) is 4.72. The summed E-state index contributed by atoms with van der Waals surface area (Å²) >= 11 is 1.57. The monoisotopic (exact) mass is 247 g/mol. The number of carbonyl (C=O) groups is 1. The molecular formula is C13H13NO2S. The van der Waals surface area contributed by atoms with Crippen LogP contribution in [0.15, 0.2) is 35.8 Å². The molecule has 88 valence electrons. The van der Waals surface area contributed by atoms with Gasteiger partial charge in [0.1, 0.15) is 23.1 Å². The van der Waals surface area contributed by atoms with Gasteiger partial charge < -0.3 is 4.74 Å². The molecular weight excluding hydrogens is 234 g/mol. The van der Waals surface area contributed by atoms with Gasteiger partial charge in [0.2, 0.25) is 0 Å². The maximum absolute atomic E-state index is 10.9. The number of thiazole rings is 1. The first-order chi connectivity index (χ1) is 8.24. The molecule has 2 rings (SSSR count). The highest BCUT2D eigenvalue weighted by atomic mass is 32.1. The molecule has 1 heterocycles. The largest absolute Gasteiger partial charge is 0.486 e. The molecule has 4 heteroatoms. The molecule has 0 N–H and O–H groups in total. The van der Waals surface area contributed by atoms with Crippen LogP contribution >= 0.6 is 11.3 Å². The van der Waals surface area contributed by atoms with Crippen molar-refractivity contribution in [2.75, 3.05) is 0 Å². The molecule has 0 atom stereocenters. The molecule has 0 saturated heterocycles. The molecule has 0 amide bonds. The Hall–Kier alpha value is -1.68. The molecule has 3 nitrogen and oxygen atoms in total. The first-order valence-corrected chi connectivity index (χ1v) is 6.21. The lowest BCUT2D eigenvalue weighted by molar-refractivity contribution is -0.116. The van der Waals surface area contributed by atoms with E-state index in [-0.39, 0.29) is 5.78 Å². The molecule has 0 unspecified atom stereocenters. The highest BCUT2D eigenvalue weighted by Crippen LogP contribution is 2.15. The first kappa shape index (κ1) is 11.8. The van der Waals surface area contributed by atoms with E-state index in [9.17, 15) is 4.79 Å². The van der Waals surface area contributed by atoms with Gasteiger partial charge in [0.25, 0.3) is 0 Å². The summed E-state index contributed by atoms with van der Waals surface area (Å²) in [5.41, 5.74) is 1.01. The van der Waals surface area contributed by atoms with Crippen LogP contribution in [-0.2, 0) is 17.8 Å². The fourth-order valence-electron chi connectivity index (χ4n) is 1.46. The van der Waals surface area contributed by atoms with Gasteiger partial charge in [0.15, 0.2) is 0 Å². The predicted molar refractivity (Wildman–Crippen MR) is 67.3 cm³/mol. The van der Waals surface area contributed by atoms with Crippen molar-refractivity contribution in [3.63, 3.8) is 0 Å². The van der Waals surface area contributed by atoms with E-state index in [1.165, 1.54) is 0 Å². The zero-order valence-electron chi connectivity index (χ0n) is 9.55. The van der Waals surface area contributed by atoms with Crippen LogP contribution in [0.25, 0.3) is 0 Å². The van der Waals surface area contributed by atoms with Crippen LogP contribution in [0.5, 0.6) is 5.75 Å². The Morgan fingerprint density at radius 2 is 2.12 bits per heavy atom. The Balaban J connectivity index is 1.91. The van der Waals surface area contributed by atoms with Crippen LogP contribution in [0, 0.1) is 0 Å². The van der Waals surface area contributed by atoms with Gasteiger partial charge in [-0.25, -0.2) is 4.98 Å². The van der Waals surface area contributed by atoms with Gasteiger partial charge in [-0.2, -0.15) is 0 Å². The van der Waals surface area contributed by atoms with Gasteiger partial charge in [-0.15, -0.1) is 11.3 Å². The first-order valence-electron chi connectivity index (χ1n) is 5.33. The van der Waals surface area contributed by atoms with E-state index in [0.717, 1.165) is 16.3 Å². The van der Waals surface area contributed by atoms with Gasteiger partial charge in [-0.1, -0.05) is 12.1 Å². The predicted octanol–water partition coefficient (Wildman–Crippen LogP) is 2.85. The number of carbonyl (C=O) groups excluding carboxylic acids is 1. The number of hydrogen-bond donors (Lipinski definition) is 0. The molecule has 2 aromatic rings. The van der Waals surface area contributed by atoms with Gasteiger partial charge in [0, 0.05) is 18.0 Å². The second kappa shape index (κ2) is 5.59.